The van der Waals surface area contributed by atoms with Crippen molar-refractivity contribution in [2.45, 2.75) is 18.9 Å². The average molecular weight is 266 g/mol. The van der Waals surface area contributed by atoms with Crippen LogP contribution in [0.4, 0.5) is 5.69 Å². The van der Waals surface area contributed by atoms with E-state index in [1.807, 2.05) is 42.5 Å². The standard InChI is InChI=1S/C17H18N2O/c18-17(20)16(14-8-2-1-3-9-14)19-12-6-10-13-7-4-5-11-15(13)19/h1-5,7-9,11,16H,6,10,12H2,(H2,18,20). The molecule has 0 aromatic heterocycles. The molecule has 1 amide bonds. The summed E-state index contributed by atoms with van der Waals surface area (Å²) in [4.78, 5) is 14.1. The van der Waals surface area contributed by atoms with E-state index >= 15 is 0 Å². The van der Waals surface area contributed by atoms with E-state index in [2.05, 4.69) is 17.0 Å². The fraction of sp³-hybridized carbons (Fsp3) is 0.235. The second-order valence-electron chi connectivity index (χ2n) is 5.14. The Morgan fingerprint density at radius 1 is 1.05 bits per heavy atom. The molecule has 2 aromatic rings. The van der Waals surface area contributed by atoms with E-state index in [1.54, 1.807) is 0 Å². The highest BCUT2D eigenvalue weighted by Crippen LogP contribution is 2.33. The molecule has 0 aliphatic carbocycles. The van der Waals surface area contributed by atoms with Gasteiger partial charge in [0.2, 0.25) is 5.91 Å². The van der Waals surface area contributed by atoms with Crippen LogP contribution in [0.15, 0.2) is 54.6 Å². The number of nitrogens with two attached hydrogens (primary N) is 1. The van der Waals surface area contributed by atoms with E-state index in [1.165, 1.54) is 5.56 Å². The minimum Gasteiger partial charge on any atom is -0.368 e. The topological polar surface area (TPSA) is 46.3 Å². The van der Waals surface area contributed by atoms with Gasteiger partial charge in [0.05, 0.1) is 0 Å². The van der Waals surface area contributed by atoms with Crippen LogP contribution in [0.25, 0.3) is 0 Å². The van der Waals surface area contributed by atoms with E-state index in [0.29, 0.717) is 0 Å². The van der Waals surface area contributed by atoms with Crippen molar-refractivity contribution in [3.8, 4) is 0 Å². The lowest BCUT2D eigenvalue weighted by Gasteiger charge is -2.36. The Hall–Kier alpha value is -2.29. The molecule has 1 unspecified atom stereocenters. The number of aryl methyl sites for hydroxylation is 1. The molecule has 1 aliphatic rings. The van der Waals surface area contributed by atoms with Gasteiger partial charge < -0.3 is 10.6 Å². The number of rotatable bonds is 3. The van der Waals surface area contributed by atoms with E-state index in [-0.39, 0.29) is 5.91 Å². The van der Waals surface area contributed by atoms with Crippen molar-refractivity contribution in [3.63, 3.8) is 0 Å². The van der Waals surface area contributed by atoms with Crippen LogP contribution in [-0.4, -0.2) is 12.5 Å². The number of anilines is 1. The lowest BCUT2D eigenvalue weighted by atomic mass is 9.97. The minimum absolute atomic E-state index is 0.298. The zero-order valence-corrected chi connectivity index (χ0v) is 11.3. The first-order valence-electron chi connectivity index (χ1n) is 6.96. The summed E-state index contributed by atoms with van der Waals surface area (Å²) in [5, 5.41) is 0. The molecule has 1 aliphatic heterocycles. The van der Waals surface area contributed by atoms with Gasteiger partial charge in [-0.25, -0.2) is 0 Å². The largest absolute Gasteiger partial charge is 0.368 e. The van der Waals surface area contributed by atoms with Crippen LogP contribution in [-0.2, 0) is 11.2 Å². The minimum atomic E-state index is -0.391. The summed E-state index contributed by atoms with van der Waals surface area (Å²) in [6, 6.07) is 17.6. The van der Waals surface area contributed by atoms with Gasteiger partial charge in [-0.2, -0.15) is 0 Å². The molecule has 0 fully saturated rings. The van der Waals surface area contributed by atoms with E-state index < -0.39 is 6.04 Å². The highest BCUT2D eigenvalue weighted by molar-refractivity contribution is 5.85. The Kier molecular flexibility index (Phi) is 3.42. The zero-order valence-electron chi connectivity index (χ0n) is 11.3. The van der Waals surface area contributed by atoms with Crippen LogP contribution >= 0.6 is 0 Å². The Morgan fingerprint density at radius 3 is 2.50 bits per heavy atom. The molecule has 1 heterocycles. The lowest BCUT2D eigenvalue weighted by molar-refractivity contribution is -0.119. The third kappa shape index (κ3) is 2.27. The smallest absolute Gasteiger partial charge is 0.244 e. The highest BCUT2D eigenvalue weighted by atomic mass is 16.1. The Bertz CT molecular complexity index is 609. The van der Waals surface area contributed by atoms with E-state index in [4.69, 9.17) is 5.73 Å². The quantitative estimate of drug-likeness (QED) is 0.928. The van der Waals surface area contributed by atoms with Gasteiger partial charge in [-0.05, 0) is 30.0 Å². The number of hydrogen-bond donors (Lipinski definition) is 1. The number of para-hydroxylation sites is 1. The molecule has 0 spiro atoms. The van der Waals surface area contributed by atoms with Crippen LogP contribution in [0.5, 0.6) is 0 Å². The van der Waals surface area contributed by atoms with Crippen LogP contribution in [0.3, 0.4) is 0 Å². The molecule has 1 atom stereocenters. The fourth-order valence-corrected chi connectivity index (χ4v) is 2.96. The average Bonchev–Trinajstić information content (AvgIpc) is 2.48. The van der Waals surface area contributed by atoms with Crippen molar-refractivity contribution in [1.29, 1.82) is 0 Å². The van der Waals surface area contributed by atoms with Gasteiger partial charge >= 0.3 is 0 Å². The summed E-state index contributed by atoms with van der Waals surface area (Å²) in [6.07, 6.45) is 2.11. The molecular weight excluding hydrogens is 248 g/mol. The lowest BCUT2D eigenvalue weighted by Crippen LogP contribution is -2.40. The number of hydrogen-bond acceptors (Lipinski definition) is 2. The molecule has 2 aromatic carbocycles. The fourth-order valence-electron chi connectivity index (χ4n) is 2.96. The summed E-state index contributed by atoms with van der Waals surface area (Å²) < 4.78 is 0. The summed E-state index contributed by atoms with van der Waals surface area (Å²) in [7, 11) is 0. The summed E-state index contributed by atoms with van der Waals surface area (Å²) in [5.41, 5.74) is 9.05. The molecule has 3 rings (SSSR count). The van der Waals surface area contributed by atoms with Crippen LogP contribution < -0.4 is 10.6 Å². The molecular formula is C17H18N2O. The number of carbonyl (C=O) groups excluding carboxylic acids is 1. The first-order chi connectivity index (χ1) is 9.77. The molecule has 3 heteroatoms. The Balaban J connectivity index is 2.04. The van der Waals surface area contributed by atoms with Gasteiger partial charge in [0.15, 0.2) is 0 Å². The van der Waals surface area contributed by atoms with Crippen molar-refractivity contribution in [2.24, 2.45) is 5.73 Å². The van der Waals surface area contributed by atoms with Gasteiger partial charge in [0.25, 0.3) is 0 Å². The van der Waals surface area contributed by atoms with Crippen molar-refractivity contribution >= 4 is 11.6 Å². The number of benzene rings is 2. The number of nitrogens with zero attached hydrogens (tertiary/aromatic N) is 1. The maximum Gasteiger partial charge on any atom is 0.244 e. The number of amides is 1. The molecule has 3 nitrogen and oxygen atoms in total. The molecule has 102 valence electrons. The first-order valence-corrected chi connectivity index (χ1v) is 6.96. The van der Waals surface area contributed by atoms with Crippen molar-refractivity contribution < 1.29 is 4.79 Å². The van der Waals surface area contributed by atoms with Crippen molar-refractivity contribution in [3.05, 3.63) is 65.7 Å². The van der Waals surface area contributed by atoms with Crippen molar-refractivity contribution in [2.75, 3.05) is 11.4 Å². The Morgan fingerprint density at radius 2 is 1.75 bits per heavy atom. The van der Waals surface area contributed by atoms with Crippen LogP contribution in [0.2, 0.25) is 0 Å². The SMILES string of the molecule is NC(=O)C(c1ccccc1)N1CCCc2ccccc21. The molecule has 0 bridgehead atoms. The van der Waals surface area contributed by atoms with E-state index in [9.17, 15) is 4.79 Å². The van der Waals surface area contributed by atoms with E-state index in [0.717, 1.165) is 30.6 Å². The van der Waals surface area contributed by atoms with Crippen LogP contribution in [0.1, 0.15) is 23.6 Å². The third-order valence-electron chi connectivity index (χ3n) is 3.84. The van der Waals surface area contributed by atoms with Gasteiger partial charge in [-0.1, -0.05) is 48.5 Å². The molecule has 0 saturated heterocycles. The predicted octanol–water partition coefficient (Wildman–Crippen LogP) is 2.67. The second-order valence-corrected chi connectivity index (χ2v) is 5.14. The highest BCUT2D eigenvalue weighted by Gasteiger charge is 2.29. The number of carbonyl (C=O) groups is 1. The summed E-state index contributed by atoms with van der Waals surface area (Å²) in [6.45, 7) is 0.861. The normalized spacial score (nSPS) is 15.5. The maximum absolute atomic E-state index is 12.0. The molecule has 0 radical (unpaired) electrons. The van der Waals surface area contributed by atoms with Gasteiger partial charge in [0, 0.05) is 12.2 Å². The first kappa shape index (κ1) is 12.7. The zero-order chi connectivity index (χ0) is 13.9. The van der Waals surface area contributed by atoms with Gasteiger partial charge in [-0.3, -0.25) is 4.79 Å². The summed E-state index contributed by atoms with van der Waals surface area (Å²) in [5.74, 6) is -0.298. The maximum atomic E-state index is 12.0. The molecule has 0 saturated carbocycles. The molecule has 2 N–H and O–H groups in total. The molecule has 20 heavy (non-hydrogen) atoms. The van der Waals surface area contributed by atoms with Crippen molar-refractivity contribution in [1.82, 2.24) is 0 Å². The third-order valence-corrected chi connectivity index (χ3v) is 3.84. The number of primary amides is 1. The number of fused-ring (bicyclic) bond motifs is 1. The Labute approximate surface area is 119 Å². The van der Waals surface area contributed by atoms with Gasteiger partial charge in [-0.15, -0.1) is 0 Å². The van der Waals surface area contributed by atoms with Gasteiger partial charge in [0.1, 0.15) is 6.04 Å². The van der Waals surface area contributed by atoms with Crippen LogP contribution in [0, 0.1) is 0 Å². The second kappa shape index (κ2) is 5.37. The predicted molar refractivity (Wildman–Crippen MR) is 80.5 cm³/mol. The monoisotopic (exact) mass is 266 g/mol. The summed E-state index contributed by atoms with van der Waals surface area (Å²) >= 11 is 0.